The van der Waals surface area contributed by atoms with Gasteiger partial charge in [-0.15, -0.1) is 11.3 Å². The molecule has 1 aliphatic carbocycles. The van der Waals surface area contributed by atoms with Crippen molar-refractivity contribution in [1.82, 2.24) is 0 Å². The van der Waals surface area contributed by atoms with E-state index in [-0.39, 0.29) is 11.2 Å². The molecule has 154 valence electrons. The largest absolute Gasteiger partial charge is 0.384 e. The predicted octanol–water partition coefficient (Wildman–Crippen LogP) is 6.07. The summed E-state index contributed by atoms with van der Waals surface area (Å²) < 4.78 is 0.991. The van der Waals surface area contributed by atoms with Crippen LogP contribution in [0.25, 0.3) is 0 Å². The summed E-state index contributed by atoms with van der Waals surface area (Å²) in [7, 11) is 0. The average Bonchev–Trinajstić information content (AvgIpc) is 2.99. The van der Waals surface area contributed by atoms with E-state index in [0.717, 1.165) is 43.2 Å². The molecule has 2 heterocycles. The van der Waals surface area contributed by atoms with Gasteiger partial charge in [0.25, 0.3) is 0 Å². The van der Waals surface area contributed by atoms with Crippen LogP contribution in [0.5, 0.6) is 0 Å². The van der Waals surface area contributed by atoms with Crippen molar-refractivity contribution in [3.8, 4) is 6.07 Å². The van der Waals surface area contributed by atoms with Gasteiger partial charge in [-0.25, -0.2) is 0 Å². The number of nitrogens with zero attached hydrogens (tertiary/aromatic N) is 2. The van der Waals surface area contributed by atoms with Crippen molar-refractivity contribution in [1.29, 1.82) is 5.26 Å². The third-order valence-corrected chi connectivity index (χ3v) is 8.10. The number of ketones is 1. The van der Waals surface area contributed by atoms with E-state index in [9.17, 15) is 10.1 Å². The molecule has 6 heteroatoms. The van der Waals surface area contributed by atoms with Gasteiger partial charge < -0.3 is 5.73 Å². The number of benzene rings is 1. The number of Topliss-reactive ketones (excluding diaryl/α,β-unsaturated/α-hetero) is 1. The van der Waals surface area contributed by atoms with E-state index in [1.165, 1.54) is 0 Å². The maximum atomic E-state index is 13.5. The highest BCUT2D eigenvalue weighted by molar-refractivity contribution is 9.10. The Morgan fingerprint density at radius 3 is 2.57 bits per heavy atom. The van der Waals surface area contributed by atoms with E-state index in [2.05, 4.69) is 35.8 Å². The zero-order chi connectivity index (χ0) is 21.8. The van der Waals surface area contributed by atoms with Gasteiger partial charge in [-0.05, 0) is 59.3 Å². The summed E-state index contributed by atoms with van der Waals surface area (Å²) in [5.74, 6) is 0.111. The standard InChI is InChI=1S/C24H24BrN3OS/c1-13-7-5-6-8-17(13)28-18-10-24(3,4)11-19(29)22(18)21(15(12-26)23(28)27)20-9-16(25)14(2)30-20/h5-9,21H,10-11,27H2,1-4H3. The molecule has 1 aromatic heterocycles. The number of para-hydroxylation sites is 1. The number of thiophene rings is 1. The second kappa shape index (κ2) is 7.40. The molecule has 1 atom stereocenters. The predicted molar refractivity (Wildman–Crippen MR) is 125 cm³/mol. The zero-order valence-electron chi connectivity index (χ0n) is 17.5. The first-order valence-corrected chi connectivity index (χ1v) is 11.5. The molecule has 2 N–H and O–H groups in total. The summed E-state index contributed by atoms with van der Waals surface area (Å²) >= 11 is 5.20. The quantitative estimate of drug-likeness (QED) is 0.564. The number of anilines is 1. The first-order valence-electron chi connectivity index (χ1n) is 9.92. The number of carbonyl (C=O) groups is 1. The Morgan fingerprint density at radius 1 is 1.27 bits per heavy atom. The van der Waals surface area contributed by atoms with Gasteiger partial charge in [0, 0.05) is 31.9 Å². The molecule has 0 radical (unpaired) electrons. The molecule has 4 nitrogen and oxygen atoms in total. The minimum atomic E-state index is -0.413. The van der Waals surface area contributed by atoms with Crippen LogP contribution >= 0.6 is 27.3 Å². The van der Waals surface area contributed by atoms with Crippen molar-refractivity contribution in [2.75, 3.05) is 4.90 Å². The van der Waals surface area contributed by atoms with Gasteiger partial charge in [-0.3, -0.25) is 9.69 Å². The number of allylic oxidation sites excluding steroid dienone is 3. The fraction of sp³-hybridized carbons (Fsp3) is 0.333. The molecule has 0 bridgehead atoms. The number of hydrogen-bond acceptors (Lipinski definition) is 5. The van der Waals surface area contributed by atoms with Crippen LogP contribution in [0, 0.1) is 30.6 Å². The first-order chi connectivity index (χ1) is 14.1. The summed E-state index contributed by atoms with van der Waals surface area (Å²) in [5, 5.41) is 10.1. The lowest BCUT2D eigenvalue weighted by Crippen LogP contribution is -2.42. The lowest BCUT2D eigenvalue weighted by Gasteiger charge is -2.43. The molecule has 0 saturated carbocycles. The Kier molecular flexibility index (Phi) is 5.16. The van der Waals surface area contributed by atoms with Crippen LogP contribution in [-0.4, -0.2) is 5.78 Å². The van der Waals surface area contributed by atoms with Gasteiger partial charge in [-0.2, -0.15) is 5.26 Å². The Balaban J connectivity index is 2.03. The fourth-order valence-corrected chi connectivity index (χ4v) is 6.19. The van der Waals surface area contributed by atoms with Crippen molar-refractivity contribution in [2.24, 2.45) is 11.1 Å². The second-order valence-corrected chi connectivity index (χ2v) is 11.0. The van der Waals surface area contributed by atoms with E-state index in [1.54, 1.807) is 11.3 Å². The molecular weight excluding hydrogens is 458 g/mol. The van der Waals surface area contributed by atoms with Crippen molar-refractivity contribution in [3.63, 3.8) is 0 Å². The molecule has 2 aliphatic rings. The number of hydrogen-bond donors (Lipinski definition) is 1. The SMILES string of the molecule is Cc1ccccc1N1C(N)=C(C#N)C(c2cc(Br)c(C)s2)C2=C1CC(C)(C)CC2=O. The van der Waals surface area contributed by atoms with E-state index >= 15 is 0 Å². The Labute approximate surface area is 189 Å². The smallest absolute Gasteiger partial charge is 0.162 e. The molecule has 4 rings (SSSR count). The van der Waals surface area contributed by atoms with Crippen molar-refractivity contribution in [3.05, 3.63) is 72.8 Å². The van der Waals surface area contributed by atoms with Gasteiger partial charge >= 0.3 is 0 Å². The third-order valence-electron chi connectivity index (χ3n) is 5.90. The highest BCUT2D eigenvalue weighted by atomic mass is 79.9. The van der Waals surface area contributed by atoms with Crippen LogP contribution < -0.4 is 10.6 Å². The van der Waals surface area contributed by atoms with Gasteiger partial charge in [0.1, 0.15) is 5.82 Å². The lowest BCUT2D eigenvalue weighted by molar-refractivity contribution is -0.118. The molecule has 1 aliphatic heterocycles. The molecule has 1 aromatic carbocycles. The highest BCUT2D eigenvalue weighted by Crippen LogP contribution is 2.52. The summed E-state index contributed by atoms with van der Waals surface area (Å²) in [6.07, 6.45) is 1.19. The molecule has 0 fully saturated rings. The maximum Gasteiger partial charge on any atom is 0.162 e. The number of nitriles is 1. The van der Waals surface area contributed by atoms with Gasteiger partial charge in [0.15, 0.2) is 5.78 Å². The number of aryl methyl sites for hydroxylation is 2. The highest BCUT2D eigenvalue weighted by Gasteiger charge is 2.45. The number of carbonyl (C=O) groups excluding carboxylic acids is 1. The third kappa shape index (κ3) is 3.30. The minimum Gasteiger partial charge on any atom is -0.384 e. The molecule has 0 saturated heterocycles. The van der Waals surface area contributed by atoms with Gasteiger partial charge in [-0.1, -0.05) is 32.0 Å². The van der Waals surface area contributed by atoms with Crippen molar-refractivity contribution < 1.29 is 4.79 Å². The van der Waals surface area contributed by atoms with E-state index < -0.39 is 5.92 Å². The van der Waals surface area contributed by atoms with Gasteiger partial charge in [0.2, 0.25) is 0 Å². The van der Waals surface area contributed by atoms with Crippen LogP contribution in [0.1, 0.15) is 47.9 Å². The lowest BCUT2D eigenvalue weighted by atomic mass is 9.69. The Bertz CT molecular complexity index is 1150. The van der Waals surface area contributed by atoms with Crippen LogP contribution in [0.4, 0.5) is 5.69 Å². The molecule has 2 aromatic rings. The Hall–Kier alpha value is -2.36. The van der Waals surface area contributed by atoms with Crippen LogP contribution in [0.2, 0.25) is 0 Å². The fourth-order valence-electron chi connectivity index (χ4n) is 4.51. The summed E-state index contributed by atoms with van der Waals surface area (Å²) in [6.45, 7) is 8.29. The number of halogens is 1. The number of rotatable bonds is 2. The molecule has 30 heavy (non-hydrogen) atoms. The summed E-state index contributed by atoms with van der Waals surface area (Å²) in [5.41, 5.74) is 10.6. The average molecular weight is 482 g/mol. The number of nitrogens with two attached hydrogens (primary N) is 1. The molecule has 0 amide bonds. The van der Waals surface area contributed by atoms with Crippen LogP contribution in [-0.2, 0) is 4.79 Å². The van der Waals surface area contributed by atoms with E-state index in [4.69, 9.17) is 5.73 Å². The van der Waals surface area contributed by atoms with Crippen molar-refractivity contribution >= 4 is 38.7 Å². The molecule has 1 unspecified atom stereocenters. The minimum absolute atomic E-state index is 0.104. The second-order valence-electron chi connectivity index (χ2n) is 8.82. The first kappa shape index (κ1) is 20.9. The topological polar surface area (TPSA) is 70.1 Å². The summed E-state index contributed by atoms with van der Waals surface area (Å²) in [6, 6.07) is 12.3. The van der Waals surface area contributed by atoms with Crippen LogP contribution in [0.3, 0.4) is 0 Å². The van der Waals surface area contributed by atoms with E-state index in [0.29, 0.717) is 17.8 Å². The monoisotopic (exact) mass is 481 g/mol. The van der Waals surface area contributed by atoms with Crippen LogP contribution in [0.15, 0.2) is 57.5 Å². The van der Waals surface area contributed by atoms with E-state index in [1.807, 2.05) is 49.1 Å². The van der Waals surface area contributed by atoms with Gasteiger partial charge in [0.05, 0.1) is 23.2 Å². The zero-order valence-corrected chi connectivity index (χ0v) is 19.9. The Morgan fingerprint density at radius 2 is 1.97 bits per heavy atom. The molecule has 0 spiro atoms. The maximum absolute atomic E-state index is 13.5. The summed E-state index contributed by atoms with van der Waals surface area (Å²) in [4.78, 5) is 17.5. The molecular formula is C24H24BrN3OS. The van der Waals surface area contributed by atoms with Crippen molar-refractivity contribution in [2.45, 2.75) is 46.5 Å². The normalized spacial score (nSPS) is 21.0.